The molecule has 1 saturated carbocycles. The minimum absolute atomic E-state index is 0.0956. The van der Waals surface area contributed by atoms with Crippen molar-refractivity contribution in [3.05, 3.63) is 15.3 Å². The molecule has 0 amide bonds. The third kappa shape index (κ3) is 2.07. The molecule has 5 heteroatoms. The predicted octanol–water partition coefficient (Wildman–Crippen LogP) is 2.38. The molecule has 1 aliphatic rings. The molecule has 2 N–H and O–H groups in total. The van der Waals surface area contributed by atoms with Crippen LogP contribution in [-0.2, 0) is 0 Å². The molecule has 0 radical (unpaired) electrons. The standard InChI is InChI=1S/C10H17N3OS/c1-2-7-4-3-5-8(6-7)13-9(14)11-12-10(13)15/h7-8H,2-6H2,1H3,(H,11,14)(H,12,15). The first-order valence-corrected chi connectivity index (χ1v) is 6.02. The van der Waals surface area contributed by atoms with Crippen LogP contribution >= 0.6 is 12.2 Å². The van der Waals surface area contributed by atoms with Crippen molar-refractivity contribution in [2.24, 2.45) is 5.92 Å². The van der Waals surface area contributed by atoms with Gasteiger partial charge in [0.1, 0.15) is 0 Å². The Hall–Kier alpha value is -0.840. The third-order valence-electron chi connectivity index (χ3n) is 3.41. The van der Waals surface area contributed by atoms with Crippen molar-refractivity contribution in [2.75, 3.05) is 0 Å². The van der Waals surface area contributed by atoms with E-state index in [-0.39, 0.29) is 5.69 Å². The van der Waals surface area contributed by atoms with E-state index in [4.69, 9.17) is 12.2 Å². The minimum Gasteiger partial charge on any atom is -0.272 e. The molecule has 15 heavy (non-hydrogen) atoms. The Balaban J connectivity index is 2.24. The molecular formula is C10H17N3OS. The summed E-state index contributed by atoms with van der Waals surface area (Å²) < 4.78 is 2.23. The number of rotatable bonds is 2. The van der Waals surface area contributed by atoms with Crippen LogP contribution in [0.5, 0.6) is 0 Å². The summed E-state index contributed by atoms with van der Waals surface area (Å²) in [6.45, 7) is 2.22. The number of aromatic amines is 2. The lowest BCUT2D eigenvalue weighted by atomic mass is 9.84. The van der Waals surface area contributed by atoms with Gasteiger partial charge in [-0.05, 0) is 31.0 Å². The fraction of sp³-hybridized carbons (Fsp3) is 0.800. The van der Waals surface area contributed by atoms with Gasteiger partial charge < -0.3 is 0 Å². The van der Waals surface area contributed by atoms with Crippen LogP contribution in [0.4, 0.5) is 0 Å². The predicted molar refractivity (Wildman–Crippen MR) is 61.5 cm³/mol. The maximum Gasteiger partial charge on any atom is 0.342 e. The summed E-state index contributed by atoms with van der Waals surface area (Å²) in [7, 11) is 0. The molecule has 2 unspecified atom stereocenters. The topological polar surface area (TPSA) is 53.6 Å². The second-order valence-electron chi connectivity index (χ2n) is 4.33. The number of nitrogens with zero attached hydrogens (tertiary/aromatic N) is 1. The van der Waals surface area contributed by atoms with Crippen LogP contribution in [-0.4, -0.2) is 14.8 Å². The molecular weight excluding hydrogens is 210 g/mol. The average Bonchev–Trinajstić information content (AvgIpc) is 2.59. The number of aromatic nitrogens is 3. The quantitative estimate of drug-likeness (QED) is 0.762. The summed E-state index contributed by atoms with van der Waals surface area (Å²) in [4.78, 5) is 11.5. The van der Waals surface area contributed by atoms with Gasteiger partial charge >= 0.3 is 5.69 Å². The molecule has 0 aliphatic heterocycles. The molecule has 1 aromatic heterocycles. The summed E-state index contributed by atoms with van der Waals surface area (Å²) in [6.07, 6.45) is 5.86. The lowest BCUT2D eigenvalue weighted by Crippen LogP contribution is -2.27. The Morgan fingerprint density at radius 1 is 1.47 bits per heavy atom. The van der Waals surface area contributed by atoms with E-state index in [0.29, 0.717) is 10.8 Å². The minimum atomic E-state index is -0.0956. The van der Waals surface area contributed by atoms with E-state index in [2.05, 4.69) is 17.1 Å². The monoisotopic (exact) mass is 227 g/mol. The molecule has 0 saturated heterocycles. The summed E-state index contributed by atoms with van der Waals surface area (Å²) in [5.41, 5.74) is -0.0956. The fourth-order valence-electron chi connectivity index (χ4n) is 2.52. The number of nitrogens with one attached hydrogen (secondary N) is 2. The van der Waals surface area contributed by atoms with Crippen LogP contribution in [0.3, 0.4) is 0 Å². The van der Waals surface area contributed by atoms with Crippen LogP contribution < -0.4 is 5.69 Å². The van der Waals surface area contributed by atoms with Crippen molar-refractivity contribution < 1.29 is 0 Å². The largest absolute Gasteiger partial charge is 0.342 e. The highest BCUT2D eigenvalue weighted by molar-refractivity contribution is 7.71. The Morgan fingerprint density at radius 3 is 2.87 bits per heavy atom. The van der Waals surface area contributed by atoms with Gasteiger partial charge in [0, 0.05) is 6.04 Å². The van der Waals surface area contributed by atoms with E-state index in [9.17, 15) is 4.79 Å². The Bertz CT molecular complexity index is 403. The lowest BCUT2D eigenvalue weighted by Gasteiger charge is -2.28. The molecule has 0 aromatic carbocycles. The van der Waals surface area contributed by atoms with Crippen molar-refractivity contribution >= 4 is 12.2 Å². The Labute approximate surface area is 93.7 Å². The van der Waals surface area contributed by atoms with Crippen molar-refractivity contribution in [3.63, 3.8) is 0 Å². The first-order chi connectivity index (χ1) is 7.22. The maximum atomic E-state index is 11.5. The van der Waals surface area contributed by atoms with Crippen LogP contribution in [0.15, 0.2) is 4.79 Å². The van der Waals surface area contributed by atoms with Gasteiger partial charge in [0.2, 0.25) is 0 Å². The number of hydrogen-bond donors (Lipinski definition) is 2. The zero-order valence-electron chi connectivity index (χ0n) is 8.95. The van der Waals surface area contributed by atoms with Crippen molar-refractivity contribution in [1.29, 1.82) is 0 Å². The first kappa shape index (κ1) is 10.7. The van der Waals surface area contributed by atoms with E-state index in [1.165, 1.54) is 19.3 Å². The van der Waals surface area contributed by atoms with Gasteiger partial charge in [-0.3, -0.25) is 9.67 Å². The molecule has 2 atom stereocenters. The van der Waals surface area contributed by atoms with E-state index >= 15 is 0 Å². The summed E-state index contributed by atoms with van der Waals surface area (Å²) in [6, 6.07) is 0.297. The Kier molecular flexibility index (Phi) is 3.09. The molecule has 1 fully saturated rings. The van der Waals surface area contributed by atoms with Gasteiger partial charge in [-0.25, -0.2) is 9.89 Å². The van der Waals surface area contributed by atoms with Gasteiger partial charge in [-0.1, -0.05) is 26.2 Å². The summed E-state index contributed by atoms with van der Waals surface area (Å²) >= 11 is 5.10. The van der Waals surface area contributed by atoms with Crippen molar-refractivity contribution in [1.82, 2.24) is 14.8 Å². The van der Waals surface area contributed by atoms with Crippen LogP contribution in [0, 0.1) is 10.7 Å². The molecule has 0 bridgehead atoms. The highest BCUT2D eigenvalue weighted by Gasteiger charge is 2.23. The van der Waals surface area contributed by atoms with Gasteiger partial charge in [0.05, 0.1) is 0 Å². The van der Waals surface area contributed by atoms with Crippen LogP contribution in [0.25, 0.3) is 0 Å². The second kappa shape index (κ2) is 4.35. The van der Waals surface area contributed by atoms with Crippen molar-refractivity contribution in [2.45, 2.75) is 45.1 Å². The Morgan fingerprint density at radius 2 is 2.27 bits per heavy atom. The zero-order valence-corrected chi connectivity index (χ0v) is 9.77. The highest BCUT2D eigenvalue weighted by atomic mass is 32.1. The molecule has 1 heterocycles. The van der Waals surface area contributed by atoms with E-state index in [1.54, 1.807) is 4.57 Å². The fourth-order valence-corrected chi connectivity index (χ4v) is 2.80. The van der Waals surface area contributed by atoms with Gasteiger partial charge in [0.15, 0.2) is 4.77 Å². The summed E-state index contributed by atoms with van der Waals surface area (Å²) in [5.74, 6) is 0.750. The number of H-pyrrole nitrogens is 2. The van der Waals surface area contributed by atoms with E-state index in [0.717, 1.165) is 18.8 Å². The second-order valence-corrected chi connectivity index (χ2v) is 4.71. The maximum absolute atomic E-state index is 11.5. The third-order valence-corrected chi connectivity index (χ3v) is 3.71. The zero-order chi connectivity index (χ0) is 10.8. The first-order valence-electron chi connectivity index (χ1n) is 5.61. The molecule has 0 spiro atoms. The van der Waals surface area contributed by atoms with Gasteiger partial charge in [0.25, 0.3) is 0 Å². The van der Waals surface area contributed by atoms with Crippen molar-refractivity contribution in [3.8, 4) is 0 Å². The average molecular weight is 227 g/mol. The van der Waals surface area contributed by atoms with Crippen LogP contribution in [0.2, 0.25) is 0 Å². The smallest absolute Gasteiger partial charge is 0.272 e. The molecule has 84 valence electrons. The molecule has 4 nitrogen and oxygen atoms in total. The molecule has 1 aliphatic carbocycles. The van der Waals surface area contributed by atoms with E-state index < -0.39 is 0 Å². The lowest BCUT2D eigenvalue weighted by molar-refractivity contribution is 0.256. The normalized spacial score (nSPS) is 26.7. The van der Waals surface area contributed by atoms with Gasteiger partial charge in [-0.2, -0.15) is 0 Å². The molecule has 2 rings (SSSR count). The highest BCUT2D eigenvalue weighted by Crippen LogP contribution is 2.33. The van der Waals surface area contributed by atoms with Gasteiger partial charge in [-0.15, -0.1) is 0 Å². The SMILES string of the molecule is CCC1CCCC(n2c(=O)[nH][nH]c2=S)C1. The summed E-state index contributed by atoms with van der Waals surface area (Å²) in [5, 5.41) is 5.25. The molecule has 1 aromatic rings. The van der Waals surface area contributed by atoms with E-state index in [1.807, 2.05) is 0 Å². The van der Waals surface area contributed by atoms with Crippen LogP contribution in [0.1, 0.15) is 45.1 Å². The number of hydrogen-bond acceptors (Lipinski definition) is 2.